The summed E-state index contributed by atoms with van der Waals surface area (Å²) in [5.41, 5.74) is 2.74. The minimum Gasteiger partial charge on any atom is -0.359 e. The van der Waals surface area contributed by atoms with Crippen LogP contribution in [-0.4, -0.2) is 18.6 Å². The molecule has 15 heavy (non-hydrogen) atoms. The van der Waals surface area contributed by atoms with Gasteiger partial charge >= 0.3 is 0 Å². The fourth-order valence-corrected chi connectivity index (χ4v) is 2.03. The third-order valence-electron chi connectivity index (χ3n) is 3.03. The van der Waals surface area contributed by atoms with Crippen molar-refractivity contribution in [2.75, 3.05) is 18.5 Å². The van der Waals surface area contributed by atoms with E-state index in [1.54, 1.807) is 0 Å². The maximum Gasteiger partial charge on any atom is 0.131 e. The van der Waals surface area contributed by atoms with Crippen molar-refractivity contribution >= 4 is 5.82 Å². The molecule has 1 aromatic rings. The molecule has 2 nitrogen and oxygen atoms in total. The lowest BCUT2D eigenvalue weighted by atomic mass is 9.90. The van der Waals surface area contributed by atoms with Gasteiger partial charge in [-0.3, -0.25) is 0 Å². The van der Waals surface area contributed by atoms with Gasteiger partial charge in [-0.1, -0.05) is 26.8 Å². The normalized spacial score (nSPS) is 16.4. The average Bonchev–Trinajstić information content (AvgIpc) is 2.16. The molecule has 0 aliphatic carbocycles. The van der Waals surface area contributed by atoms with E-state index < -0.39 is 0 Å². The first-order valence-corrected chi connectivity index (χ1v) is 5.70. The predicted octanol–water partition coefficient (Wildman–Crippen LogP) is 2.76. The summed E-state index contributed by atoms with van der Waals surface area (Å²) >= 11 is 0. The Morgan fingerprint density at radius 3 is 2.67 bits per heavy atom. The number of fused-ring (bicyclic) bond motifs is 1. The van der Waals surface area contributed by atoms with Gasteiger partial charge in [-0.05, 0) is 24.5 Å². The van der Waals surface area contributed by atoms with Crippen molar-refractivity contribution in [3.63, 3.8) is 0 Å². The van der Waals surface area contributed by atoms with Gasteiger partial charge in [-0.15, -0.1) is 0 Å². The summed E-state index contributed by atoms with van der Waals surface area (Å²) in [6.45, 7) is 7.77. The summed E-state index contributed by atoms with van der Waals surface area (Å²) in [6.07, 6.45) is 2.43. The largest absolute Gasteiger partial charge is 0.359 e. The number of rotatable bonds is 0. The molecule has 0 unspecified atom stereocenters. The Hall–Kier alpha value is -1.05. The van der Waals surface area contributed by atoms with Crippen molar-refractivity contribution < 1.29 is 0 Å². The van der Waals surface area contributed by atoms with Crippen LogP contribution < -0.4 is 4.90 Å². The molecule has 0 spiro atoms. The number of anilines is 1. The van der Waals surface area contributed by atoms with Crippen molar-refractivity contribution in [2.45, 2.75) is 39.0 Å². The third kappa shape index (κ3) is 1.99. The molecular weight excluding hydrogens is 184 g/mol. The molecule has 0 atom stereocenters. The Morgan fingerprint density at radius 2 is 2.00 bits per heavy atom. The molecule has 2 rings (SSSR count). The van der Waals surface area contributed by atoms with E-state index in [-0.39, 0.29) is 5.41 Å². The Bertz CT molecular complexity index is 363. The maximum absolute atomic E-state index is 4.79. The van der Waals surface area contributed by atoms with E-state index in [9.17, 15) is 0 Å². The number of aryl methyl sites for hydroxylation is 1. The monoisotopic (exact) mass is 204 g/mol. The first-order chi connectivity index (χ1) is 6.98. The van der Waals surface area contributed by atoms with Crippen molar-refractivity contribution in [2.24, 2.45) is 0 Å². The fraction of sp³-hybridized carbons (Fsp3) is 0.615. The molecular formula is C13H20N2. The van der Waals surface area contributed by atoms with Crippen LogP contribution in [0.4, 0.5) is 5.82 Å². The molecule has 0 radical (unpaired) electrons. The second-order valence-corrected chi connectivity index (χ2v) is 5.45. The highest BCUT2D eigenvalue weighted by molar-refractivity contribution is 5.49. The van der Waals surface area contributed by atoms with Gasteiger partial charge in [0.15, 0.2) is 0 Å². The van der Waals surface area contributed by atoms with Crippen LogP contribution in [0.25, 0.3) is 0 Å². The number of hydrogen-bond acceptors (Lipinski definition) is 2. The zero-order valence-corrected chi connectivity index (χ0v) is 10.2. The Balaban J connectivity index is 2.44. The highest BCUT2D eigenvalue weighted by Crippen LogP contribution is 2.28. The van der Waals surface area contributed by atoms with Crippen LogP contribution in [0.15, 0.2) is 12.1 Å². The summed E-state index contributed by atoms with van der Waals surface area (Å²) in [5, 5.41) is 0. The maximum atomic E-state index is 4.79. The summed E-state index contributed by atoms with van der Waals surface area (Å²) in [6, 6.07) is 4.43. The summed E-state index contributed by atoms with van der Waals surface area (Å²) < 4.78 is 0. The van der Waals surface area contributed by atoms with Crippen molar-refractivity contribution in [1.82, 2.24) is 4.98 Å². The molecule has 1 aromatic heterocycles. The highest BCUT2D eigenvalue weighted by atomic mass is 15.2. The first-order valence-electron chi connectivity index (χ1n) is 5.70. The molecule has 2 heterocycles. The molecule has 0 aromatic carbocycles. The standard InChI is InChI=1S/C13H20N2/c1-13(2,3)11-8-7-10-6-5-9-15(4)12(10)14-11/h7-8H,5-6,9H2,1-4H3. The highest BCUT2D eigenvalue weighted by Gasteiger charge is 2.20. The summed E-state index contributed by atoms with van der Waals surface area (Å²) in [5.74, 6) is 1.19. The van der Waals surface area contributed by atoms with Gasteiger partial charge in [0, 0.05) is 24.7 Å². The van der Waals surface area contributed by atoms with Gasteiger partial charge in [0.25, 0.3) is 0 Å². The quantitative estimate of drug-likeness (QED) is 0.646. The van der Waals surface area contributed by atoms with E-state index in [0.29, 0.717) is 0 Å². The third-order valence-corrected chi connectivity index (χ3v) is 3.03. The van der Waals surface area contributed by atoms with Gasteiger partial charge in [0.2, 0.25) is 0 Å². The summed E-state index contributed by atoms with van der Waals surface area (Å²) in [7, 11) is 2.14. The van der Waals surface area contributed by atoms with Crippen molar-refractivity contribution in [3.05, 3.63) is 23.4 Å². The molecule has 0 saturated heterocycles. The van der Waals surface area contributed by atoms with Crippen LogP contribution >= 0.6 is 0 Å². The van der Waals surface area contributed by atoms with E-state index in [1.807, 2.05) is 0 Å². The fourth-order valence-electron chi connectivity index (χ4n) is 2.03. The topological polar surface area (TPSA) is 16.1 Å². The SMILES string of the molecule is CN1CCCc2ccc(C(C)(C)C)nc21. The zero-order chi connectivity index (χ0) is 11.1. The second kappa shape index (κ2) is 3.51. The van der Waals surface area contributed by atoms with E-state index in [2.05, 4.69) is 44.9 Å². The Morgan fingerprint density at radius 1 is 1.27 bits per heavy atom. The van der Waals surface area contributed by atoms with Gasteiger partial charge in [-0.2, -0.15) is 0 Å². The number of aromatic nitrogens is 1. The zero-order valence-electron chi connectivity index (χ0n) is 10.2. The average molecular weight is 204 g/mol. The van der Waals surface area contributed by atoms with Gasteiger partial charge in [-0.25, -0.2) is 4.98 Å². The van der Waals surface area contributed by atoms with Crippen molar-refractivity contribution in [1.29, 1.82) is 0 Å². The van der Waals surface area contributed by atoms with Crippen LogP contribution in [-0.2, 0) is 11.8 Å². The number of pyridine rings is 1. The Labute approximate surface area is 92.3 Å². The van der Waals surface area contributed by atoms with Crippen LogP contribution in [0.5, 0.6) is 0 Å². The second-order valence-electron chi connectivity index (χ2n) is 5.45. The van der Waals surface area contributed by atoms with Crippen LogP contribution in [0, 0.1) is 0 Å². The molecule has 0 bridgehead atoms. The lowest BCUT2D eigenvalue weighted by molar-refractivity contribution is 0.565. The molecule has 0 saturated carbocycles. The van der Waals surface area contributed by atoms with E-state index in [1.165, 1.54) is 29.9 Å². The minimum atomic E-state index is 0.146. The van der Waals surface area contributed by atoms with Crippen LogP contribution in [0.1, 0.15) is 38.4 Å². The molecule has 0 amide bonds. The lowest BCUT2D eigenvalue weighted by Crippen LogP contribution is -2.27. The smallest absolute Gasteiger partial charge is 0.131 e. The van der Waals surface area contributed by atoms with Crippen molar-refractivity contribution in [3.8, 4) is 0 Å². The lowest BCUT2D eigenvalue weighted by Gasteiger charge is -2.28. The van der Waals surface area contributed by atoms with E-state index >= 15 is 0 Å². The molecule has 1 aliphatic rings. The van der Waals surface area contributed by atoms with Gasteiger partial charge in [0.1, 0.15) is 5.82 Å². The molecule has 0 fully saturated rings. The molecule has 1 aliphatic heterocycles. The van der Waals surface area contributed by atoms with E-state index in [0.717, 1.165) is 6.54 Å². The predicted molar refractivity (Wildman–Crippen MR) is 64.5 cm³/mol. The molecule has 82 valence electrons. The number of nitrogens with zero attached hydrogens (tertiary/aromatic N) is 2. The van der Waals surface area contributed by atoms with Crippen LogP contribution in [0.3, 0.4) is 0 Å². The minimum absolute atomic E-state index is 0.146. The Kier molecular flexibility index (Phi) is 2.45. The van der Waals surface area contributed by atoms with Crippen LogP contribution in [0.2, 0.25) is 0 Å². The number of hydrogen-bond donors (Lipinski definition) is 0. The van der Waals surface area contributed by atoms with Gasteiger partial charge < -0.3 is 4.90 Å². The molecule has 0 N–H and O–H groups in total. The van der Waals surface area contributed by atoms with Gasteiger partial charge in [0.05, 0.1) is 0 Å². The van der Waals surface area contributed by atoms with E-state index in [4.69, 9.17) is 4.98 Å². The first kappa shape index (κ1) is 10.5. The molecule has 2 heteroatoms. The summed E-state index contributed by atoms with van der Waals surface area (Å²) in [4.78, 5) is 7.06.